The first-order valence-corrected chi connectivity index (χ1v) is 16.0. The lowest BCUT2D eigenvalue weighted by atomic mass is 9.70. The molecule has 41 heavy (non-hydrogen) atoms. The first-order valence-electron chi connectivity index (χ1n) is 15.1. The number of carbonyl (C=O) groups is 4. The summed E-state index contributed by atoms with van der Waals surface area (Å²) in [6.45, 7) is 9.90. The van der Waals surface area contributed by atoms with Crippen LogP contribution in [0.1, 0.15) is 74.7 Å². The van der Waals surface area contributed by atoms with Crippen molar-refractivity contribution in [2.24, 2.45) is 28.6 Å². The van der Waals surface area contributed by atoms with E-state index in [0.29, 0.717) is 42.7 Å². The predicted molar refractivity (Wildman–Crippen MR) is 155 cm³/mol. The molecule has 1 aromatic rings. The second-order valence-electron chi connectivity index (χ2n) is 13.5. The Morgan fingerprint density at radius 1 is 1.10 bits per heavy atom. The van der Waals surface area contributed by atoms with Crippen LogP contribution in [0.3, 0.4) is 0 Å². The van der Waals surface area contributed by atoms with E-state index in [2.05, 4.69) is 29.5 Å². The standard InChI is InChI=1S/C30H45N5O5S/c1-18-24(41-17-32-18)28(39)34-12-22(30(14-34)15-35(16-30)27(38)21-11-29(21,3)4)25(36)33-23(26(37)31-5)19(2)40-13-20-9-7-6-8-10-20/h17,19-23H,6-16H2,1-5H3,(H,31,37)(H,33,36)/t19-,21-,22+,23+/m1/s1. The predicted octanol–water partition coefficient (Wildman–Crippen LogP) is 2.61. The molecule has 10 nitrogen and oxygen atoms in total. The molecule has 1 aromatic heterocycles. The number of carbonyl (C=O) groups excluding carboxylic acids is 4. The number of hydrogen-bond donors (Lipinski definition) is 2. The van der Waals surface area contributed by atoms with Crippen molar-refractivity contribution in [2.45, 2.75) is 78.4 Å². The number of nitrogens with one attached hydrogen (secondary N) is 2. The lowest BCUT2D eigenvalue weighted by molar-refractivity contribution is -0.152. The van der Waals surface area contributed by atoms with Crippen LogP contribution in [0.2, 0.25) is 0 Å². The lowest BCUT2D eigenvalue weighted by Gasteiger charge is -2.50. The number of aryl methyl sites for hydroxylation is 1. The fourth-order valence-electron chi connectivity index (χ4n) is 6.98. The van der Waals surface area contributed by atoms with Crippen LogP contribution in [-0.2, 0) is 19.1 Å². The van der Waals surface area contributed by atoms with E-state index in [1.807, 2.05) is 18.7 Å². The molecule has 0 unspecified atom stereocenters. The Bertz CT molecular complexity index is 1170. The Morgan fingerprint density at radius 3 is 2.34 bits per heavy atom. The van der Waals surface area contributed by atoms with Gasteiger partial charge in [0.2, 0.25) is 17.7 Å². The van der Waals surface area contributed by atoms with Crippen LogP contribution in [0.25, 0.3) is 0 Å². The minimum atomic E-state index is -0.855. The van der Waals surface area contributed by atoms with Crippen LogP contribution in [0.4, 0.5) is 0 Å². The Balaban J connectivity index is 1.30. The minimum absolute atomic E-state index is 0.0194. The van der Waals surface area contributed by atoms with Crippen molar-refractivity contribution >= 4 is 35.0 Å². The molecule has 226 valence electrons. The molecule has 0 radical (unpaired) electrons. The molecule has 2 saturated heterocycles. The van der Waals surface area contributed by atoms with Crippen LogP contribution < -0.4 is 10.6 Å². The summed E-state index contributed by atoms with van der Waals surface area (Å²) in [5.74, 6) is -0.636. The summed E-state index contributed by atoms with van der Waals surface area (Å²) < 4.78 is 6.15. The molecule has 2 aliphatic heterocycles. The quantitative estimate of drug-likeness (QED) is 0.458. The molecule has 2 aliphatic carbocycles. The number of thiazole rings is 1. The van der Waals surface area contributed by atoms with Gasteiger partial charge in [-0.25, -0.2) is 4.98 Å². The topological polar surface area (TPSA) is 121 Å². The van der Waals surface area contributed by atoms with E-state index in [1.54, 1.807) is 17.5 Å². The van der Waals surface area contributed by atoms with E-state index in [1.165, 1.54) is 30.6 Å². The third-order valence-electron chi connectivity index (χ3n) is 9.94. The summed E-state index contributed by atoms with van der Waals surface area (Å²) in [5.41, 5.74) is 1.80. The Labute approximate surface area is 247 Å². The van der Waals surface area contributed by atoms with Gasteiger partial charge in [-0.3, -0.25) is 19.2 Å². The van der Waals surface area contributed by atoms with E-state index in [0.717, 1.165) is 19.3 Å². The second kappa shape index (κ2) is 11.6. The van der Waals surface area contributed by atoms with Gasteiger partial charge >= 0.3 is 0 Å². The number of likely N-dealkylation sites (tertiary alicyclic amines) is 2. The number of rotatable bonds is 9. The zero-order chi connectivity index (χ0) is 29.5. The first kappa shape index (κ1) is 29.9. The van der Waals surface area contributed by atoms with Crippen LogP contribution in [0, 0.1) is 35.5 Å². The molecule has 0 bridgehead atoms. The molecular weight excluding hydrogens is 542 g/mol. The van der Waals surface area contributed by atoms with Crippen molar-refractivity contribution in [1.29, 1.82) is 0 Å². The van der Waals surface area contributed by atoms with Gasteiger partial charge in [0.25, 0.3) is 5.91 Å². The maximum absolute atomic E-state index is 13.9. The van der Waals surface area contributed by atoms with E-state index in [9.17, 15) is 19.2 Å². The third-order valence-corrected chi connectivity index (χ3v) is 10.9. The summed E-state index contributed by atoms with van der Waals surface area (Å²) in [7, 11) is 1.55. The fraction of sp³-hybridized carbons (Fsp3) is 0.767. The number of nitrogens with zero attached hydrogens (tertiary/aromatic N) is 3. The van der Waals surface area contributed by atoms with Crippen molar-refractivity contribution in [3.8, 4) is 0 Å². The van der Waals surface area contributed by atoms with Crippen molar-refractivity contribution < 1.29 is 23.9 Å². The lowest BCUT2D eigenvalue weighted by Crippen LogP contribution is -2.65. The largest absolute Gasteiger partial charge is 0.376 e. The van der Waals surface area contributed by atoms with Gasteiger partial charge in [-0.1, -0.05) is 33.1 Å². The summed E-state index contributed by atoms with van der Waals surface area (Å²) >= 11 is 1.30. The molecule has 11 heteroatoms. The number of aromatic nitrogens is 1. The molecular formula is C30H45N5O5S. The average Bonchev–Trinajstić information content (AvgIpc) is 3.24. The fourth-order valence-corrected chi connectivity index (χ4v) is 7.75. The molecule has 3 heterocycles. The average molecular weight is 588 g/mol. The highest BCUT2D eigenvalue weighted by Gasteiger charge is 2.62. The van der Waals surface area contributed by atoms with Gasteiger partial charge in [0.15, 0.2) is 0 Å². The van der Waals surface area contributed by atoms with E-state index in [4.69, 9.17) is 4.74 Å². The van der Waals surface area contributed by atoms with Crippen LogP contribution >= 0.6 is 11.3 Å². The molecule has 4 atom stereocenters. The first-order chi connectivity index (χ1) is 19.5. The Hall–Kier alpha value is -2.53. The van der Waals surface area contributed by atoms with Gasteiger partial charge in [0.05, 0.1) is 23.2 Å². The number of amides is 4. The summed E-state index contributed by atoms with van der Waals surface area (Å²) in [4.78, 5) is 61.8. The molecule has 2 N–H and O–H groups in total. The molecule has 4 aliphatic rings. The maximum atomic E-state index is 13.9. The van der Waals surface area contributed by atoms with Crippen LogP contribution in [-0.4, -0.2) is 90.4 Å². The molecule has 1 spiro atoms. The maximum Gasteiger partial charge on any atom is 0.265 e. The highest BCUT2D eigenvalue weighted by molar-refractivity contribution is 7.11. The molecule has 4 amide bonds. The number of hydrogen-bond acceptors (Lipinski definition) is 7. The molecule has 4 fully saturated rings. The smallest absolute Gasteiger partial charge is 0.265 e. The van der Waals surface area contributed by atoms with Gasteiger partial charge in [0.1, 0.15) is 10.9 Å². The number of ether oxygens (including phenoxy) is 1. The van der Waals surface area contributed by atoms with Crippen LogP contribution in [0.5, 0.6) is 0 Å². The summed E-state index contributed by atoms with van der Waals surface area (Å²) in [5, 5.41) is 5.66. The Kier molecular flexibility index (Phi) is 8.49. The normalized spacial score (nSPS) is 26.3. The molecule has 2 saturated carbocycles. The van der Waals surface area contributed by atoms with Gasteiger partial charge in [-0.15, -0.1) is 11.3 Å². The van der Waals surface area contributed by atoms with E-state index in [-0.39, 0.29) is 41.5 Å². The zero-order valence-electron chi connectivity index (χ0n) is 25.0. The van der Waals surface area contributed by atoms with Gasteiger partial charge < -0.3 is 25.2 Å². The highest BCUT2D eigenvalue weighted by Crippen LogP contribution is 2.54. The van der Waals surface area contributed by atoms with Gasteiger partial charge in [0, 0.05) is 51.2 Å². The van der Waals surface area contributed by atoms with Crippen molar-refractivity contribution in [2.75, 3.05) is 39.8 Å². The number of likely N-dealkylation sites (N-methyl/N-ethyl adjacent to an activating group) is 1. The summed E-state index contributed by atoms with van der Waals surface area (Å²) in [6.07, 6.45) is 6.30. The van der Waals surface area contributed by atoms with Crippen LogP contribution in [0.15, 0.2) is 5.51 Å². The van der Waals surface area contributed by atoms with Gasteiger partial charge in [-0.2, -0.15) is 0 Å². The Morgan fingerprint density at radius 2 is 1.76 bits per heavy atom. The molecule has 5 rings (SSSR count). The minimum Gasteiger partial charge on any atom is -0.376 e. The highest BCUT2D eigenvalue weighted by atomic mass is 32.1. The SMILES string of the molecule is CNC(=O)[C@@H](NC(=O)[C@@H]1CN(C(=O)c2scnc2C)CC12CN(C(=O)[C@H]1CC1(C)C)C2)[C@@H](C)OCC1CCCCC1. The second-order valence-corrected chi connectivity index (χ2v) is 14.3. The van der Waals surface area contributed by atoms with Crippen molar-refractivity contribution in [3.63, 3.8) is 0 Å². The molecule has 0 aromatic carbocycles. The van der Waals surface area contributed by atoms with Crippen molar-refractivity contribution in [1.82, 2.24) is 25.4 Å². The third kappa shape index (κ3) is 6.02. The summed E-state index contributed by atoms with van der Waals surface area (Å²) in [6, 6.07) is -0.855. The van der Waals surface area contributed by atoms with Gasteiger partial charge in [-0.05, 0) is 44.4 Å². The van der Waals surface area contributed by atoms with E-state index < -0.39 is 23.5 Å². The van der Waals surface area contributed by atoms with Crippen molar-refractivity contribution in [3.05, 3.63) is 16.1 Å². The monoisotopic (exact) mass is 587 g/mol. The van der Waals surface area contributed by atoms with E-state index >= 15 is 0 Å². The zero-order valence-corrected chi connectivity index (χ0v) is 25.8.